The Morgan fingerprint density at radius 2 is 1.91 bits per heavy atom. The van der Waals surface area contributed by atoms with Crippen molar-refractivity contribution in [2.45, 2.75) is 6.04 Å². The van der Waals surface area contributed by atoms with E-state index in [-0.39, 0.29) is 17.9 Å². The van der Waals surface area contributed by atoms with Crippen molar-refractivity contribution in [1.29, 1.82) is 0 Å². The highest BCUT2D eigenvalue weighted by atomic mass is 16.5. The number of amides is 2. The van der Waals surface area contributed by atoms with Crippen LogP contribution in [-0.4, -0.2) is 80.4 Å². The van der Waals surface area contributed by atoms with E-state index in [9.17, 15) is 9.59 Å². The van der Waals surface area contributed by atoms with Crippen LogP contribution < -0.4 is 4.74 Å². The number of para-hydroxylation sites is 1. The lowest BCUT2D eigenvalue weighted by Gasteiger charge is -2.39. The number of nitrogens with zero attached hydrogens (tertiary/aromatic N) is 3. The van der Waals surface area contributed by atoms with E-state index in [4.69, 9.17) is 4.74 Å². The maximum absolute atomic E-state index is 12.7. The highest BCUT2D eigenvalue weighted by Gasteiger charge is 2.33. The van der Waals surface area contributed by atoms with Crippen LogP contribution in [0, 0.1) is 0 Å². The van der Waals surface area contributed by atoms with Gasteiger partial charge in [-0.15, -0.1) is 0 Å². The fraction of sp³-hybridized carbons (Fsp3) is 0.500. The number of methoxy groups -OCH3 is 1. The molecule has 1 aliphatic rings. The summed E-state index contributed by atoms with van der Waals surface area (Å²) >= 11 is 0. The second kappa shape index (κ2) is 6.79. The van der Waals surface area contributed by atoms with Crippen LogP contribution in [0.3, 0.4) is 0 Å². The third-order valence-electron chi connectivity index (χ3n) is 4.00. The lowest BCUT2D eigenvalue weighted by molar-refractivity contribution is -0.135. The molecule has 1 aliphatic heterocycles. The molecular formula is C16H23N3O3. The average molecular weight is 305 g/mol. The topological polar surface area (TPSA) is 53.1 Å². The first-order valence-electron chi connectivity index (χ1n) is 7.29. The summed E-state index contributed by atoms with van der Waals surface area (Å²) in [7, 11) is 6.93. The lowest BCUT2D eigenvalue weighted by Crippen LogP contribution is -2.58. The molecule has 0 aromatic heterocycles. The van der Waals surface area contributed by atoms with Gasteiger partial charge in [0.25, 0.3) is 5.91 Å². The quantitative estimate of drug-likeness (QED) is 0.818. The fourth-order valence-electron chi connectivity index (χ4n) is 2.61. The number of hydrogen-bond donors (Lipinski definition) is 0. The molecule has 2 rings (SSSR count). The lowest BCUT2D eigenvalue weighted by atomic mass is 10.1. The van der Waals surface area contributed by atoms with Crippen LogP contribution in [0.1, 0.15) is 10.4 Å². The number of hydrogen-bond acceptors (Lipinski definition) is 4. The monoisotopic (exact) mass is 305 g/mol. The van der Waals surface area contributed by atoms with E-state index in [0.717, 1.165) is 0 Å². The fourth-order valence-corrected chi connectivity index (χ4v) is 2.61. The summed E-state index contributed by atoms with van der Waals surface area (Å²) in [5, 5.41) is 0. The Hall–Kier alpha value is -2.08. The maximum Gasteiger partial charge on any atom is 0.257 e. The molecular weight excluding hydrogens is 282 g/mol. The molecule has 0 aliphatic carbocycles. The summed E-state index contributed by atoms with van der Waals surface area (Å²) in [6.45, 7) is 1.67. The van der Waals surface area contributed by atoms with Gasteiger partial charge in [-0.05, 0) is 19.2 Å². The molecule has 6 nitrogen and oxygen atoms in total. The SMILES string of the molecule is COc1ccccc1C(=O)N1CCN(C)[C@@H](C(=O)N(C)C)C1. The maximum atomic E-state index is 12.7. The Morgan fingerprint density at radius 1 is 1.23 bits per heavy atom. The summed E-state index contributed by atoms with van der Waals surface area (Å²) in [5.74, 6) is 0.476. The van der Waals surface area contributed by atoms with Crippen LogP contribution in [-0.2, 0) is 4.79 Å². The minimum Gasteiger partial charge on any atom is -0.496 e. The van der Waals surface area contributed by atoms with Gasteiger partial charge in [0, 0.05) is 33.7 Å². The molecule has 0 saturated carbocycles. The van der Waals surface area contributed by atoms with Crippen molar-refractivity contribution in [3.8, 4) is 5.75 Å². The third-order valence-corrected chi connectivity index (χ3v) is 4.00. The highest BCUT2D eigenvalue weighted by Crippen LogP contribution is 2.21. The Bertz CT molecular complexity index is 559. The van der Waals surface area contributed by atoms with Gasteiger partial charge in [0.15, 0.2) is 0 Å². The van der Waals surface area contributed by atoms with Gasteiger partial charge >= 0.3 is 0 Å². The summed E-state index contributed by atoms with van der Waals surface area (Å²) in [6, 6.07) is 6.86. The first-order chi connectivity index (χ1) is 10.5. The average Bonchev–Trinajstić information content (AvgIpc) is 2.53. The van der Waals surface area contributed by atoms with Gasteiger partial charge in [0.05, 0.1) is 12.7 Å². The normalized spacial score (nSPS) is 18.9. The zero-order valence-corrected chi connectivity index (χ0v) is 13.6. The van der Waals surface area contributed by atoms with E-state index in [1.165, 1.54) is 0 Å². The van der Waals surface area contributed by atoms with Crippen LogP contribution >= 0.6 is 0 Å². The van der Waals surface area contributed by atoms with Crippen LogP contribution in [0.2, 0.25) is 0 Å². The van der Waals surface area contributed by atoms with Crippen molar-refractivity contribution in [2.24, 2.45) is 0 Å². The summed E-state index contributed by atoms with van der Waals surface area (Å²) < 4.78 is 5.26. The highest BCUT2D eigenvalue weighted by molar-refractivity contribution is 5.97. The Kier molecular flexibility index (Phi) is 5.03. The molecule has 22 heavy (non-hydrogen) atoms. The standard InChI is InChI=1S/C16H23N3O3/c1-17(2)16(21)13-11-19(10-9-18(13)3)15(20)12-7-5-6-8-14(12)22-4/h5-8,13H,9-11H2,1-4H3/t13-/m1/s1. The summed E-state index contributed by atoms with van der Waals surface area (Å²) in [5.41, 5.74) is 0.533. The van der Waals surface area contributed by atoms with Gasteiger partial charge < -0.3 is 14.5 Å². The van der Waals surface area contributed by atoms with Gasteiger partial charge in [0.1, 0.15) is 11.8 Å². The van der Waals surface area contributed by atoms with E-state index in [1.54, 1.807) is 43.1 Å². The molecule has 2 amide bonds. The number of likely N-dealkylation sites (N-methyl/N-ethyl adjacent to an activating group) is 2. The molecule has 120 valence electrons. The van der Waals surface area contributed by atoms with Crippen molar-refractivity contribution in [3.05, 3.63) is 29.8 Å². The first-order valence-corrected chi connectivity index (χ1v) is 7.29. The zero-order chi connectivity index (χ0) is 16.3. The van der Waals surface area contributed by atoms with Crippen molar-refractivity contribution < 1.29 is 14.3 Å². The van der Waals surface area contributed by atoms with Crippen LogP contribution in [0.25, 0.3) is 0 Å². The predicted octanol–water partition coefficient (Wildman–Crippen LogP) is 0.540. The Labute approximate surface area is 131 Å². The van der Waals surface area contributed by atoms with E-state index in [2.05, 4.69) is 0 Å². The van der Waals surface area contributed by atoms with E-state index in [0.29, 0.717) is 30.9 Å². The van der Waals surface area contributed by atoms with E-state index < -0.39 is 0 Å². The minimum absolute atomic E-state index is 0.0139. The van der Waals surface area contributed by atoms with Gasteiger partial charge in [-0.3, -0.25) is 14.5 Å². The van der Waals surface area contributed by atoms with Crippen molar-refractivity contribution in [3.63, 3.8) is 0 Å². The molecule has 0 radical (unpaired) electrons. The number of ether oxygens (including phenoxy) is 1. The molecule has 0 spiro atoms. The molecule has 0 N–H and O–H groups in total. The van der Waals surface area contributed by atoms with E-state index in [1.807, 2.05) is 24.1 Å². The summed E-state index contributed by atoms with van der Waals surface area (Å²) in [6.07, 6.45) is 0. The predicted molar refractivity (Wildman–Crippen MR) is 84.0 cm³/mol. The smallest absolute Gasteiger partial charge is 0.257 e. The van der Waals surface area contributed by atoms with Gasteiger partial charge in [-0.1, -0.05) is 12.1 Å². The van der Waals surface area contributed by atoms with Crippen molar-refractivity contribution >= 4 is 11.8 Å². The number of rotatable bonds is 3. The molecule has 0 unspecified atom stereocenters. The molecule has 1 heterocycles. The van der Waals surface area contributed by atoms with Crippen LogP contribution in [0.15, 0.2) is 24.3 Å². The van der Waals surface area contributed by atoms with Crippen LogP contribution in [0.4, 0.5) is 0 Å². The second-order valence-electron chi connectivity index (χ2n) is 5.68. The number of carbonyl (C=O) groups excluding carboxylic acids is 2. The third kappa shape index (κ3) is 3.22. The van der Waals surface area contributed by atoms with Gasteiger partial charge in [-0.2, -0.15) is 0 Å². The Morgan fingerprint density at radius 3 is 2.55 bits per heavy atom. The van der Waals surface area contributed by atoms with Crippen molar-refractivity contribution in [2.75, 3.05) is 47.9 Å². The largest absolute Gasteiger partial charge is 0.496 e. The summed E-state index contributed by atoms with van der Waals surface area (Å²) in [4.78, 5) is 30.3. The molecule has 1 fully saturated rings. The number of carbonyl (C=O) groups is 2. The Balaban J connectivity index is 2.18. The zero-order valence-electron chi connectivity index (χ0n) is 13.6. The second-order valence-corrected chi connectivity index (χ2v) is 5.68. The van der Waals surface area contributed by atoms with Gasteiger partial charge in [-0.25, -0.2) is 0 Å². The number of benzene rings is 1. The molecule has 6 heteroatoms. The molecule has 1 aromatic rings. The first kappa shape index (κ1) is 16.3. The van der Waals surface area contributed by atoms with E-state index >= 15 is 0 Å². The molecule has 0 bridgehead atoms. The van der Waals surface area contributed by atoms with Crippen LogP contribution in [0.5, 0.6) is 5.75 Å². The molecule has 1 atom stereocenters. The van der Waals surface area contributed by atoms with Crippen molar-refractivity contribution in [1.82, 2.24) is 14.7 Å². The molecule has 1 aromatic carbocycles. The number of piperazine rings is 1. The van der Waals surface area contributed by atoms with Gasteiger partial charge in [0.2, 0.25) is 5.91 Å². The molecule has 1 saturated heterocycles. The minimum atomic E-state index is -0.303.